The second-order valence-corrected chi connectivity index (χ2v) is 5.68. The fourth-order valence-electron chi connectivity index (χ4n) is 1.01. The third-order valence-electron chi connectivity index (χ3n) is 1.64. The number of ether oxygens (including phenoxy) is 1. The summed E-state index contributed by atoms with van der Waals surface area (Å²) in [4.78, 5) is 0. The Morgan fingerprint density at radius 2 is 2.13 bits per heavy atom. The Bertz CT molecular complexity index is 419. The molecule has 0 bridgehead atoms. The van der Waals surface area contributed by atoms with Crippen molar-refractivity contribution in [2.75, 3.05) is 12.4 Å². The smallest absolute Gasteiger partial charge is 0.209 e. The van der Waals surface area contributed by atoms with Gasteiger partial charge in [-0.3, -0.25) is 0 Å². The zero-order valence-electron chi connectivity index (χ0n) is 8.02. The van der Waals surface area contributed by atoms with Crippen LogP contribution >= 0.6 is 15.9 Å². The molecule has 0 aliphatic carbocycles. The first-order valence-corrected chi connectivity index (χ1v) is 6.87. The van der Waals surface area contributed by atoms with E-state index in [-0.39, 0.29) is 5.75 Å². The van der Waals surface area contributed by atoms with E-state index >= 15 is 0 Å². The SMILES string of the molecule is NS(=O)(=O)CCCOc1cccc(Br)c1. The first kappa shape index (κ1) is 12.5. The number of rotatable bonds is 5. The maximum atomic E-state index is 10.6. The van der Waals surface area contributed by atoms with Gasteiger partial charge in [0, 0.05) is 4.47 Å². The normalized spacial score (nSPS) is 11.3. The van der Waals surface area contributed by atoms with E-state index in [1.165, 1.54) is 0 Å². The number of hydrogen-bond donors (Lipinski definition) is 1. The van der Waals surface area contributed by atoms with E-state index in [1.807, 2.05) is 24.3 Å². The van der Waals surface area contributed by atoms with Crippen molar-refractivity contribution in [1.82, 2.24) is 0 Å². The number of hydrogen-bond acceptors (Lipinski definition) is 3. The summed E-state index contributed by atoms with van der Waals surface area (Å²) in [6.07, 6.45) is 0.394. The second-order valence-electron chi connectivity index (χ2n) is 3.03. The molecule has 4 nitrogen and oxygen atoms in total. The van der Waals surface area contributed by atoms with Crippen molar-refractivity contribution in [2.45, 2.75) is 6.42 Å². The maximum Gasteiger partial charge on any atom is 0.209 e. The molecule has 0 atom stereocenters. The van der Waals surface area contributed by atoms with E-state index in [4.69, 9.17) is 9.88 Å². The third-order valence-corrected chi connectivity index (χ3v) is 2.99. The molecule has 0 unspecified atom stereocenters. The van der Waals surface area contributed by atoms with E-state index in [0.29, 0.717) is 18.8 Å². The van der Waals surface area contributed by atoms with Crippen LogP contribution in [0.25, 0.3) is 0 Å². The molecule has 84 valence electrons. The molecule has 0 saturated heterocycles. The van der Waals surface area contributed by atoms with Crippen LogP contribution in [0.2, 0.25) is 0 Å². The summed E-state index contributed by atoms with van der Waals surface area (Å²) in [7, 11) is -3.38. The Labute approximate surface area is 97.6 Å². The highest BCUT2D eigenvalue weighted by molar-refractivity contribution is 9.10. The summed E-state index contributed by atoms with van der Waals surface area (Å²) in [5.74, 6) is 0.653. The van der Waals surface area contributed by atoms with Crippen LogP contribution in [-0.2, 0) is 10.0 Å². The molecule has 1 aromatic rings. The molecule has 0 aliphatic rings. The summed E-state index contributed by atoms with van der Waals surface area (Å²) in [6, 6.07) is 7.36. The molecule has 15 heavy (non-hydrogen) atoms. The lowest BCUT2D eigenvalue weighted by Crippen LogP contribution is -2.18. The Kier molecular flexibility index (Phi) is 4.56. The predicted octanol–water partition coefficient (Wildman–Crippen LogP) is 1.51. The average molecular weight is 294 g/mol. The van der Waals surface area contributed by atoms with Crippen LogP contribution in [0.1, 0.15) is 6.42 Å². The lowest BCUT2D eigenvalue weighted by atomic mass is 10.3. The summed E-state index contributed by atoms with van der Waals surface area (Å²) < 4.78 is 27.5. The number of benzene rings is 1. The number of primary sulfonamides is 1. The lowest BCUT2D eigenvalue weighted by Gasteiger charge is -2.05. The number of sulfonamides is 1. The van der Waals surface area contributed by atoms with Crippen LogP contribution in [0.5, 0.6) is 5.75 Å². The van der Waals surface area contributed by atoms with Crippen LogP contribution in [0.3, 0.4) is 0 Å². The van der Waals surface area contributed by atoms with E-state index in [2.05, 4.69) is 15.9 Å². The largest absolute Gasteiger partial charge is 0.494 e. The van der Waals surface area contributed by atoms with Crippen LogP contribution in [0, 0.1) is 0 Å². The van der Waals surface area contributed by atoms with Gasteiger partial charge in [-0.1, -0.05) is 22.0 Å². The monoisotopic (exact) mass is 293 g/mol. The van der Waals surface area contributed by atoms with Crippen molar-refractivity contribution in [1.29, 1.82) is 0 Å². The van der Waals surface area contributed by atoms with Crippen LogP contribution < -0.4 is 9.88 Å². The molecule has 0 fully saturated rings. The van der Waals surface area contributed by atoms with Crippen molar-refractivity contribution < 1.29 is 13.2 Å². The summed E-state index contributed by atoms with van der Waals surface area (Å²) in [6.45, 7) is 0.340. The third kappa shape index (κ3) is 5.76. The quantitative estimate of drug-likeness (QED) is 0.837. The van der Waals surface area contributed by atoms with Crippen LogP contribution in [0.4, 0.5) is 0 Å². The minimum atomic E-state index is -3.38. The molecule has 0 heterocycles. The Morgan fingerprint density at radius 1 is 1.40 bits per heavy atom. The van der Waals surface area contributed by atoms with Crippen molar-refractivity contribution >= 4 is 26.0 Å². The predicted molar refractivity (Wildman–Crippen MR) is 62.2 cm³/mol. The first-order chi connectivity index (χ1) is 6.97. The van der Waals surface area contributed by atoms with Crippen molar-refractivity contribution in [2.24, 2.45) is 5.14 Å². The van der Waals surface area contributed by atoms with Gasteiger partial charge in [-0.05, 0) is 24.6 Å². The molecule has 0 amide bonds. The molecule has 2 N–H and O–H groups in total. The van der Waals surface area contributed by atoms with Gasteiger partial charge < -0.3 is 4.74 Å². The standard InChI is InChI=1S/C9H12BrNO3S/c10-8-3-1-4-9(7-8)14-5-2-6-15(11,12)13/h1,3-4,7H,2,5-6H2,(H2,11,12,13). The maximum absolute atomic E-state index is 10.6. The minimum Gasteiger partial charge on any atom is -0.494 e. The molecule has 1 rings (SSSR count). The molecule has 0 spiro atoms. The van der Waals surface area contributed by atoms with Gasteiger partial charge in [-0.2, -0.15) is 0 Å². The van der Waals surface area contributed by atoms with Gasteiger partial charge >= 0.3 is 0 Å². The van der Waals surface area contributed by atoms with Crippen molar-refractivity contribution in [3.63, 3.8) is 0 Å². The van der Waals surface area contributed by atoms with Gasteiger partial charge in [0.05, 0.1) is 12.4 Å². The van der Waals surface area contributed by atoms with Gasteiger partial charge in [-0.25, -0.2) is 13.6 Å². The zero-order chi connectivity index (χ0) is 11.3. The molecular formula is C9H12BrNO3S. The number of nitrogens with two attached hydrogens (primary N) is 1. The summed E-state index contributed by atoms with van der Waals surface area (Å²) in [5, 5.41) is 4.85. The highest BCUT2D eigenvalue weighted by Gasteiger charge is 2.02. The molecule has 1 aromatic carbocycles. The van der Waals surface area contributed by atoms with E-state index < -0.39 is 10.0 Å². The first-order valence-electron chi connectivity index (χ1n) is 4.36. The van der Waals surface area contributed by atoms with Crippen molar-refractivity contribution in [3.05, 3.63) is 28.7 Å². The van der Waals surface area contributed by atoms with Crippen LogP contribution in [-0.4, -0.2) is 20.8 Å². The molecular weight excluding hydrogens is 282 g/mol. The molecule has 0 aliphatic heterocycles. The van der Waals surface area contributed by atoms with Crippen LogP contribution in [0.15, 0.2) is 28.7 Å². The van der Waals surface area contributed by atoms with Crippen molar-refractivity contribution in [3.8, 4) is 5.75 Å². The molecule has 0 aromatic heterocycles. The Hall–Kier alpha value is -0.590. The summed E-state index contributed by atoms with van der Waals surface area (Å²) in [5.41, 5.74) is 0. The van der Waals surface area contributed by atoms with E-state index in [1.54, 1.807) is 0 Å². The van der Waals surface area contributed by atoms with Gasteiger partial charge in [0.2, 0.25) is 10.0 Å². The molecule has 6 heteroatoms. The molecule has 0 radical (unpaired) electrons. The molecule has 0 saturated carbocycles. The topological polar surface area (TPSA) is 69.4 Å². The fraction of sp³-hybridized carbons (Fsp3) is 0.333. The highest BCUT2D eigenvalue weighted by Crippen LogP contribution is 2.17. The number of halogens is 1. The van der Waals surface area contributed by atoms with Gasteiger partial charge in [-0.15, -0.1) is 0 Å². The Balaban J connectivity index is 2.32. The highest BCUT2D eigenvalue weighted by atomic mass is 79.9. The van der Waals surface area contributed by atoms with Gasteiger partial charge in [0.15, 0.2) is 0 Å². The zero-order valence-corrected chi connectivity index (χ0v) is 10.4. The van der Waals surface area contributed by atoms with Gasteiger partial charge in [0.1, 0.15) is 5.75 Å². The van der Waals surface area contributed by atoms with E-state index in [0.717, 1.165) is 4.47 Å². The van der Waals surface area contributed by atoms with E-state index in [9.17, 15) is 8.42 Å². The van der Waals surface area contributed by atoms with Gasteiger partial charge in [0.25, 0.3) is 0 Å². The lowest BCUT2D eigenvalue weighted by molar-refractivity contribution is 0.317. The second kappa shape index (κ2) is 5.48. The summed E-state index contributed by atoms with van der Waals surface area (Å²) >= 11 is 3.31. The Morgan fingerprint density at radius 3 is 2.73 bits per heavy atom. The average Bonchev–Trinajstić information content (AvgIpc) is 2.11. The fourth-order valence-corrected chi connectivity index (χ4v) is 1.91. The minimum absolute atomic E-state index is 0.0546.